The van der Waals surface area contributed by atoms with Crippen LogP contribution in [0, 0.1) is 5.92 Å². The summed E-state index contributed by atoms with van der Waals surface area (Å²) in [6.07, 6.45) is 8.24. The van der Waals surface area contributed by atoms with E-state index in [1.165, 1.54) is 42.3 Å². The van der Waals surface area contributed by atoms with Crippen molar-refractivity contribution in [1.82, 2.24) is 9.47 Å². The molecule has 26 heavy (non-hydrogen) atoms. The zero-order valence-electron chi connectivity index (χ0n) is 15.6. The molecule has 1 aliphatic heterocycles. The van der Waals surface area contributed by atoms with Crippen LogP contribution in [-0.2, 0) is 13.0 Å². The third-order valence-corrected chi connectivity index (χ3v) is 5.67. The molecule has 0 radical (unpaired) electrons. The molecule has 2 heterocycles. The summed E-state index contributed by atoms with van der Waals surface area (Å²) in [6.45, 7) is 4.69. The Bertz CT molecular complexity index is 813. The number of fused-ring (bicyclic) bond motifs is 1. The van der Waals surface area contributed by atoms with Gasteiger partial charge in [-0.3, -0.25) is 0 Å². The van der Waals surface area contributed by atoms with Crippen molar-refractivity contribution in [2.75, 3.05) is 26.7 Å². The summed E-state index contributed by atoms with van der Waals surface area (Å²) in [6, 6.07) is 17.0. The fraction of sp³-hybridized carbons (Fsp3) is 0.391. The largest absolute Gasteiger partial charge is 0.496 e. The predicted octanol–water partition coefficient (Wildman–Crippen LogP) is 4.60. The quantitative estimate of drug-likeness (QED) is 0.647. The van der Waals surface area contributed by atoms with E-state index in [0.29, 0.717) is 0 Å². The molecule has 1 saturated heterocycles. The number of benzene rings is 2. The summed E-state index contributed by atoms with van der Waals surface area (Å²) >= 11 is 0. The Hall–Kier alpha value is -2.26. The Morgan fingerprint density at radius 1 is 0.923 bits per heavy atom. The molecule has 0 N–H and O–H groups in total. The summed E-state index contributed by atoms with van der Waals surface area (Å²) < 4.78 is 7.86. The van der Waals surface area contributed by atoms with Crippen LogP contribution < -0.4 is 4.74 Å². The molecule has 1 fully saturated rings. The number of likely N-dealkylation sites (tertiary alicyclic amines) is 1. The Morgan fingerprint density at radius 3 is 2.27 bits per heavy atom. The smallest absolute Gasteiger partial charge is 0.122 e. The third kappa shape index (κ3) is 3.94. The zero-order chi connectivity index (χ0) is 17.8. The fourth-order valence-electron chi connectivity index (χ4n) is 4.12. The number of nitrogens with zero attached hydrogens (tertiary/aromatic N) is 2. The van der Waals surface area contributed by atoms with E-state index in [4.69, 9.17) is 4.74 Å². The molecule has 4 rings (SSSR count). The molecule has 0 saturated carbocycles. The monoisotopic (exact) mass is 348 g/mol. The number of ether oxygens (including phenoxy) is 1. The van der Waals surface area contributed by atoms with Crippen LogP contribution >= 0.6 is 0 Å². The van der Waals surface area contributed by atoms with Gasteiger partial charge >= 0.3 is 0 Å². The molecule has 0 aliphatic carbocycles. The minimum Gasteiger partial charge on any atom is -0.496 e. The van der Waals surface area contributed by atoms with Gasteiger partial charge in [0.1, 0.15) is 5.75 Å². The van der Waals surface area contributed by atoms with Gasteiger partial charge in [-0.25, -0.2) is 0 Å². The van der Waals surface area contributed by atoms with Crippen molar-refractivity contribution >= 4 is 10.8 Å². The number of para-hydroxylation sites is 1. The van der Waals surface area contributed by atoms with Gasteiger partial charge in [-0.05, 0) is 60.7 Å². The number of methoxy groups -OCH3 is 1. The maximum atomic E-state index is 5.47. The van der Waals surface area contributed by atoms with Gasteiger partial charge in [0.05, 0.1) is 7.11 Å². The van der Waals surface area contributed by atoms with Gasteiger partial charge in [0.25, 0.3) is 0 Å². The average Bonchev–Trinajstić information content (AvgIpc) is 3.10. The minimum atomic E-state index is 0.791. The van der Waals surface area contributed by atoms with Crippen LogP contribution in [0.2, 0.25) is 0 Å². The number of rotatable bonds is 6. The summed E-state index contributed by atoms with van der Waals surface area (Å²) in [7, 11) is 1.76. The van der Waals surface area contributed by atoms with Gasteiger partial charge in [0.2, 0.25) is 0 Å². The molecule has 3 aromatic rings. The lowest BCUT2D eigenvalue weighted by atomic mass is 9.96. The first kappa shape index (κ1) is 17.2. The molecule has 0 bridgehead atoms. The highest BCUT2D eigenvalue weighted by Crippen LogP contribution is 2.23. The van der Waals surface area contributed by atoms with Crippen molar-refractivity contribution in [3.63, 3.8) is 0 Å². The zero-order valence-corrected chi connectivity index (χ0v) is 15.6. The van der Waals surface area contributed by atoms with Crippen LogP contribution in [0.15, 0.2) is 60.9 Å². The molecule has 2 aromatic carbocycles. The topological polar surface area (TPSA) is 17.4 Å². The van der Waals surface area contributed by atoms with E-state index in [1.807, 2.05) is 6.07 Å². The van der Waals surface area contributed by atoms with Gasteiger partial charge in [0, 0.05) is 25.5 Å². The fourth-order valence-corrected chi connectivity index (χ4v) is 4.12. The molecule has 3 heteroatoms. The average molecular weight is 348 g/mol. The minimum absolute atomic E-state index is 0.791. The number of hydrogen-bond acceptors (Lipinski definition) is 2. The highest BCUT2D eigenvalue weighted by molar-refractivity contribution is 5.82. The Balaban J connectivity index is 1.27. The first-order valence-corrected chi connectivity index (χ1v) is 9.70. The Morgan fingerprint density at radius 2 is 1.58 bits per heavy atom. The number of hydrogen-bond donors (Lipinski definition) is 0. The van der Waals surface area contributed by atoms with E-state index in [1.54, 1.807) is 7.11 Å². The summed E-state index contributed by atoms with van der Waals surface area (Å²) in [4.78, 5) is 2.61. The SMILES string of the molecule is COc1ccccc1CCN1CCC(Cn2cc3ccccc3c2)CC1. The van der Waals surface area contributed by atoms with Crippen LogP contribution in [0.4, 0.5) is 0 Å². The normalized spacial score (nSPS) is 16.2. The van der Waals surface area contributed by atoms with Crippen molar-refractivity contribution in [2.45, 2.75) is 25.8 Å². The maximum Gasteiger partial charge on any atom is 0.122 e. The van der Waals surface area contributed by atoms with E-state index < -0.39 is 0 Å². The lowest BCUT2D eigenvalue weighted by molar-refractivity contribution is 0.175. The van der Waals surface area contributed by atoms with E-state index in [2.05, 4.69) is 64.3 Å². The highest BCUT2D eigenvalue weighted by atomic mass is 16.5. The van der Waals surface area contributed by atoms with Crippen LogP contribution in [0.3, 0.4) is 0 Å². The molecule has 3 nitrogen and oxygen atoms in total. The molecular formula is C23H28N2O. The molecule has 1 aromatic heterocycles. The summed E-state index contributed by atoms with van der Waals surface area (Å²) in [5.41, 5.74) is 1.32. The Labute approximate surface area is 156 Å². The molecule has 0 unspecified atom stereocenters. The van der Waals surface area contributed by atoms with Crippen molar-refractivity contribution in [2.24, 2.45) is 5.92 Å². The van der Waals surface area contributed by atoms with Crippen LogP contribution in [-0.4, -0.2) is 36.2 Å². The first-order valence-electron chi connectivity index (χ1n) is 9.70. The van der Waals surface area contributed by atoms with Crippen molar-refractivity contribution in [1.29, 1.82) is 0 Å². The van der Waals surface area contributed by atoms with Gasteiger partial charge < -0.3 is 14.2 Å². The highest BCUT2D eigenvalue weighted by Gasteiger charge is 2.19. The summed E-state index contributed by atoms with van der Waals surface area (Å²) in [5, 5.41) is 2.70. The first-order chi connectivity index (χ1) is 12.8. The van der Waals surface area contributed by atoms with E-state index >= 15 is 0 Å². The standard InChI is InChI=1S/C23H28N2O/c1-26-23-9-5-4-6-20(23)12-15-24-13-10-19(11-14-24)16-25-17-21-7-2-3-8-22(21)18-25/h2-9,17-19H,10-16H2,1H3. The number of piperidine rings is 1. The number of aromatic nitrogens is 1. The second-order valence-corrected chi connectivity index (χ2v) is 7.43. The Kier molecular flexibility index (Phi) is 5.26. The van der Waals surface area contributed by atoms with Crippen LogP contribution in [0.1, 0.15) is 18.4 Å². The second-order valence-electron chi connectivity index (χ2n) is 7.43. The van der Waals surface area contributed by atoms with Gasteiger partial charge in [-0.15, -0.1) is 0 Å². The molecular weight excluding hydrogens is 320 g/mol. The van der Waals surface area contributed by atoms with E-state index in [0.717, 1.165) is 31.2 Å². The maximum absolute atomic E-state index is 5.47. The second kappa shape index (κ2) is 7.96. The van der Waals surface area contributed by atoms with Gasteiger partial charge in [-0.1, -0.05) is 42.5 Å². The van der Waals surface area contributed by atoms with E-state index in [9.17, 15) is 0 Å². The van der Waals surface area contributed by atoms with Crippen molar-refractivity contribution in [3.8, 4) is 5.75 Å². The molecule has 0 amide bonds. The third-order valence-electron chi connectivity index (χ3n) is 5.67. The van der Waals surface area contributed by atoms with Crippen LogP contribution in [0.25, 0.3) is 10.8 Å². The molecule has 136 valence electrons. The van der Waals surface area contributed by atoms with Gasteiger partial charge in [-0.2, -0.15) is 0 Å². The van der Waals surface area contributed by atoms with Gasteiger partial charge in [0.15, 0.2) is 0 Å². The van der Waals surface area contributed by atoms with Crippen molar-refractivity contribution in [3.05, 3.63) is 66.5 Å². The van der Waals surface area contributed by atoms with Crippen LogP contribution in [0.5, 0.6) is 5.75 Å². The van der Waals surface area contributed by atoms with Crippen molar-refractivity contribution < 1.29 is 4.74 Å². The summed E-state index contributed by atoms with van der Waals surface area (Å²) in [5.74, 6) is 1.81. The predicted molar refractivity (Wildman–Crippen MR) is 108 cm³/mol. The molecule has 0 spiro atoms. The van der Waals surface area contributed by atoms with E-state index in [-0.39, 0.29) is 0 Å². The lowest BCUT2D eigenvalue weighted by Crippen LogP contribution is -2.36. The molecule has 1 aliphatic rings. The molecule has 0 atom stereocenters. The lowest BCUT2D eigenvalue weighted by Gasteiger charge is -2.32.